The molecule has 28 heavy (non-hydrogen) atoms. The fraction of sp³-hybridized carbons (Fsp3) is 0.500. The van der Waals surface area contributed by atoms with E-state index in [0.29, 0.717) is 19.0 Å². The van der Waals surface area contributed by atoms with Gasteiger partial charge in [0.05, 0.1) is 17.3 Å². The molecule has 0 radical (unpaired) electrons. The second-order valence-corrected chi connectivity index (χ2v) is 11.6. The molecule has 1 aliphatic carbocycles. The SMILES string of the molecule is O=C(CSc1nnc(NC2CC2)s1)N(Cc1ccccc1)C1CCS(=O)(=O)C1. The van der Waals surface area contributed by atoms with Gasteiger partial charge in [-0.1, -0.05) is 53.4 Å². The number of amides is 1. The van der Waals surface area contributed by atoms with Gasteiger partial charge in [-0.15, -0.1) is 10.2 Å². The highest BCUT2D eigenvalue weighted by atomic mass is 32.2. The van der Waals surface area contributed by atoms with Crippen molar-refractivity contribution in [1.82, 2.24) is 15.1 Å². The van der Waals surface area contributed by atoms with E-state index in [1.165, 1.54) is 35.9 Å². The van der Waals surface area contributed by atoms with Crippen LogP contribution in [0.5, 0.6) is 0 Å². The summed E-state index contributed by atoms with van der Waals surface area (Å²) in [5, 5.41) is 12.3. The van der Waals surface area contributed by atoms with Crippen LogP contribution in [0, 0.1) is 0 Å². The molecule has 1 atom stereocenters. The maximum absolute atomic E-state index is 13.0. The van der Waals surface area contributed by atoms with E-state index in [1.54, 1.807) is 4.90 Å². The predicted octanol–water partition coefficient (Wildman–Crippen LogP) is 2.42. The molecular weight excluding hydrogens is 416 g/mol. The van der Waals surface area contributed by atoms with Crippen molar-refractivity contribution in [3.63, 3.8) is 0 Å². The molecule has 2 aliphatic rings. The Hall–Kier alpha value is -1.65. The van der Waals surface area contributed by atoms with Crippen LogP contribution in [0.25, 0.3) is 0 Å². The predicted molar refractivity (Wildman–Crippen MR) is 111 cm³/mol. The maximum atomic E-state index is 13.0. The van der Waals surface area contributed by atoms with E-state index in [9.17, 15) is 13.2 Å². The highest BCUT2D eigenvalue weighted by molar-refractivity contribution is 8.01. The van der Waals surface area contributed by atoms with Gasteiger partial charge < -0.3 is 10.2 Å². The molecule has 1 saturated heterocycles. The molecule has 7 nitrogen and oxygen atoms in total. The molecule has 0 bridgehead atoms. The number of aromatic nitrogens is 2. The third-order valence-corrected chi connectivity index (χ3v) is 8.52. The quantitative estimate of drug-likeness (QED) is 0.633. The third kappa shape index (κ3) is 5.24. The number of hydrogen-bond donors (Lipinski definition) is 1. The lowest BCUT2D eigenvalue weighted by atomic mass is 10.1. The molecule has 1 aromatic heterocycles. The third-order valence-electron chi connectivity index (χ3n) is 4.80. The summed E-state index contributed by atoms with van der Waals surface area (Å²) in [4.78, 5) is 14.7. The van der Waals surface area contributed by atoms with Crippen molar-refractivity contribution in [2.45, 2.75) is 42.2 Å². The summed E-state index contributed by atoms with van der Waals surface area (Å²) >= 11 is 2.81. The van der Waals surface area contributed by atoms with Crippen molar-refractivity contribution in [3.8, 4) is 0 Å². The number of nitrogens with zero attached hydrogens (tertiary/aromatic N) is 3. The maximum Gasteiger partial charge on any atom is 0.233 e. The van der Waals surface area contributed by atoms with Crippen LogP contribution in [-0.4, -0.2) is 58.8 Å². The van der Waals surface area contributed by atoms with Gasteiger partial charge in [-0.25, -0.2) is 8.42 Å². The molecule has 1 unspecified atom stereocenters. The first-order valence-corrected chi connectivity index (χ1v) is 12.9. The molecule has 150 valence electrons. The smallest absolute Gasteiger partial charge is 0.233 e. The number of sulfone groups is 1. The number of hydrogen-bond acceptors (Lipinski definition) is 8. The van der Waals surface area contributed by atoms with Crippen LogP contribution in [0.1, 0.15) is 24.8 Å². The number of anilines is 1. The van der Waals surface area contributed by atoms with E-state index in [4.69, 9.17) is 0 Å². The largest absolute Gasteiger partial charge is 0.357 e. The minimum atomic E-state index is -3.06. The second kappa shape index (κ2) is 8.38. The zero-order chi connectivity index (χ0) is 19.6. The Morgan fingerprint density at radius 3 is 2.68 bits per heavy atom. The number of carbonyl (C=O) groups is 1. The van der Waals surface area contributed by atoms with Crippen LogP contribution in [-0.2, 0) is 21.2 Å². The van der Waals surface area contributed by atoms with Crippen LogP contribution in [0.4, 0.5) is 5.13 Å². The molecule has 0 spiro atoms. The minimum Gasteiger partial charge on any atom is -0.357 e. The summed E-state index contributed by atoms with van der Waals surface area (Å²) in [7, 11) is -3.06. The van der Waals surface area contributed by atoms with Crippen molar-refractivity contribution in [2.24, 2.45) is 0 Å². The van der Waals surface area contributed by atoms with Gasteiger partial charge in [-0.2, -0.15) is 0 Å². The highest BCUT2D eigenvalue weighted by Crippen LogP contribution is 2.30. The molecular formula is C18H22N4O3S3. The Bertz CT molecular complexity index is 929. The summed E-state index contributed by atoms with van der Waals surface area (Å²) in [5.41, 5.74) is 0.997. The summed E-state index contributed by atoms with van der Waals surface area (Å²) in [6, 6.07) is 9.93. The molecule has 4 rings (SSSR count). The van der Waals surface area contributed by atoms with Gasteiger partial charge in [0.1, 0.15) is 0 Å². The number of thioether (sulfide) groups is 1. The first-order valence-electron chi connectivity index (χ1n) is 9.25. The Morgan fingerprint density at radius 1 is 1.21 bits per heavy atom. The van der Waals surface area contributed by atoms with Gasteiger partial charge in [0.2, 0.25) is 11.0 Å². The Balaban J connectivity index is 1.41. The van der Waals surface area contributed by atoms with Gasteiger partial charge in [0.25, 0.3) is 0 Å². The van der Waals surface area contributed by atoms with E-state index in [0.717, 1.165) is 15.0 Å². The van der Waals surface area contributed by atoms with Gasteiger partial charge in [0, 0.05) is 18.6 Å². The number of benzene rings is 1. The average Bonchev–Trinajstić information content (AvgIpc) is 3.25. The summed E-state index contributed by atoms with van der Waals surface area (Å²) in [5.74, 6) is 0.352. The van der Waals surface area contributed by atoms with Gasteiger partial charge in [0.15, 0.2) is 14.2 Å². The van der Waals surface area contributed by atoms with Crippen molar-refractivity contribution >= 4 is 44.0 Å². The minimum absolute atomic E-state index is 0.0461. The lowest BCUT2D eigenvalue weighted by Crippen LogP contribution is -2.41. The molecule has 1 aromatic carbocycles. The van der Waals surface area contributed by atoms with E-state index in [-0.39, 0.29) is 29.2 Å². The van der Waals surface area contributed by atoms with Crippen molar-refractivity contribution in [1.29, 1.82) is 0 Å². The highest BCUT2D eigenvalue weighted by Gasteiger charge is 2.34. The molecule has 1 aliphatic heterocycles. The van der Waals surface area contributed by atoms with Crippen LogP contribution >= 0.6 is 23.1 Å². The molecule has 2 aromatic rings. The van der Waals surface area contributed by atoms with E-state index < -0.39 is 9.84 Å². The summed E-state index contributed by atoms with van der Waals surface area (Å²) in [6.45, 7) is 0.422. The van der Waals surface area contributed by atoms with Crippen molar-refractivity contribution in [3.05, 3.63) is 35.9 Å². The zero-order valence-corrected chi connectivity index (χ0v) is 17.7. The molecule has 2 heterocycles. The summed E-state index contributed by atoms with van der Waals surface area (Å²) < 4.78 is 24.6. The van der Waals surface area contributed by atoms with Crippen molar-refractivity contribution in [2.75, 3.05) is 22.6 Å². The zero-order valence-electron chi connectivity index (χ0n) is 15.3. The first kappa shape index (κ1) is 19.7. The van der Waals surface area contributed by atoms with Crippen molar-refractivity contribution < 1.29 is 13.2 Å². The molecule has 1 saturated carbocycles. The number of rotatable bonds is 8. The molecule has 1 N–H and O–H groups in total. The van der Waals surface area contributed by atoms with Crippen LogP contribution in [0.15, 0.2) is 34.7 Å². The monoisotopic (exact) mass is 438 g/mol. The van der Waals surface area contributed by atoms with Crippen LogP contribution in [0.2, 0.25) is 0 Å². The molecule has 10 heteroatoms. The molecule has 2 fully saturated rings. The number of nitrogens with one attached hydrogen (secondary N) is 1. The van der Waals surface area contributed by atoms with Crippen LogP contribution in [0.3, 0.4) is 0 Å². The first-order chi connectivity index (χ1) is 13.5. The van der Waals surface area contributed by atoms with Gasteiger partial charge in [-0.05, 0) is 24.8 Å². The van der Waals surface area contributed by atoms with E-state index in [1.807, 2.05) is 30.3 Å². The van der Waals surface area contributed by atoms with Crippen LogP contribution < -0.4 is 5.32 Å². The summed E-state index contributed by atoms with van der Waals surface area (Å²) in [6.07, 6.45) is 2.83. The standard InChI is InChI=1S/C18H22N4O3S3/c23-16(11-26-18-21-20-17(27-18)19-14-6-7-14)22(10-13-4-2-1-3-5-13)15-8-9-28(24,25)12-15/h1-5,14-15H,6-12H2,(H,19,20). The average molecular weight is 439 g/mol. The molecule has 1 amide bonds. The van der Waals surface area contributed by atoms with E-state index >= 15 is 0 Å². The normalized spacial score (nSPS) is 20.8. The Morgan fingerprint density at radius 2 is 2.00 bits per heavy atom. The topological polar surface area (TPSA) is 92.3 Å². The van der Waals surface area contributed by atoms with Gasteiger partial charge >= 0.3 is 0 Å². The lowest BCUT2D eigenvalue weighted by molar-refractivity contribution is -0.130. The lowest BCUT2D eigenvalue weighted by Gasteiger charge is -2.28. The second-order valence-electron chi connectivity index (χ2n) is 7.14. The van der Waals surface area contributed by atoms with E-state index in [2.05, 4.69) is 15.5 Å². The fourth-order valence-electron chi connectivity index (χ4n) is 3.16. The van der Waals surface area contributed by atoms with Gasteiger partial charge in [-0.3, -0.25) is 4.79 Å². The Kier molecular flexibility index (Phi) is 5.88. The number of carbonyl (C=O) groups excluding carboxylic acids is 1. The Labute approximate surface area is 172 Å². The fourth-order valence-corrected chi connectivity index (χ4v) is 6.60.